The molecule has 3 nitrogen and oxygen atoms in total. The van der Waals surface area contributed by atoms with Crippen molar-refractivity contribution in [3.05, 3.63) is 59.7 Å². The summed E-state index contributed by atoms with van der Waals surface area (Å²) in [5, 5.41) is 0. The molecule has 1 heterocycles. The van der Waals surface area contributed by atoms with Gasteiger partial charge in [0.15, 0.2) is 10.2 Å². The van der Waals surface area contributed by atoms with Gasteiger partial charge in [0, 0.05) is 10.5 Å². The summed E-state index contributed by atoms with van der Waals surface area (Å²) >= 11 is 1.25. The van der Waals surface area contributed by atoms with E-state index in [1.54, 1.807) is 6.26 Å². The lowest BCUT2D eigenvalue weighted by molar-refractivity contribution is 0.673. The van der Waals surface area contributed by atoms with Crippen molar-refractivity contribution >= 4 is 21.5 Å². The van der Waals surface area contributed by atoms with Gasteiger partial charge in [0.2, 0.25) is 0 Å². The van der Waals surface area contributed by atoms with Gasteiger partial charge in [0.1, 0.15) is 0 Å². The summed E-state index contributed by atoms with van der Waals surface area (Å²) in [5.41, 5.74) is 3.55. The number of benzene rings is 2. The first-order valence-electron chi connectivity index (χ1n) is 8.13. The number of hydrogen-bond donors (Lipinski definition) is 1. The van der Waals surface area contributed by atoms with E-state index in [1.807, 2.05) is 31.2 Å². The number of thiol groups is 1. The molecule has 0 bridgehead atoms. The van der Waals surface area contributed by atoms with E-state index in [-0.39, 0.29) is 0 Å². The minimum Gasteiger partial charge on any atom is -0.274 e. The zero-order valence-electron chi connectivity index (χ0n) is 13.8. The predicted molar refractivity (Wildman–Crippen MR) is 100 cm³/mol. The molecule has 0 atom stereocenters. The van der Waals surface area contributed by atoms with Crippen LogP contribution in [0, 0.1) is 6.92 Å². The molecule has 0 spiro atoms. The van der Waals surface area contributed by atoms with Crippen LogP contribution in [0.1, 0.15) is 29.9 Å². The molecule has 4 rings (SSSR count). The van der Waals surface area contributed by atoms with Crippen molar-refractivity contribution < 1.29 is 4.21 Å². The molecule has 1 aliphatic rings. The van der Waals surface area contributed by atoms with Crippen LogP contribution in [0.3, 0.4) is 0 Å². The van der Waals surface area contributed by atoms with E-state index in [2.05, 4.69) is 33.6 Å². The summed E-state index contributed by atoms with van der Waals surface area (Å²) < 4.78 is 18.3. The van der Waals surface area contributed by atoms with Gasteiger partial charge < -0.3 is 0 Å². The van der Waals surface area contributed by atoms with Gasteiger partial charge in [0.05, 0.1) is 0 Å². The van der Waals surface area contributed by atoms with Crippen LogP contribution in [0.2, 0.25) is 0 Å². The summed E-state index contributed by atoms with van der Waals surface area (Å²) in [6.45, 7) is 2.03. The molecule has 124 valence electrons. The Kier molecular flexibility index (Phi) is 3.85. The summed E-state index contributed by atoms with van der Waals surface area (Å²) in [4.78, 5) is 5.42. The molecule has 1 aliphatic carbocycles. The minimum absolute atomic E-state index is 0.618. The van der Waals surface area contributed by atoms with Crippen molar-refractivity contribution in [3.8, 4) is 11.4 Å². The third kappa shape index (κ3) is 2.94. The van der Waals surface area contributed by atoms with Crippen LogP contribution in [0.4, 0.5) is 0 Å². The van der Waals surface area contributed by atoms with Crippen molar-refractivity contribution in [2.24, 2.45) is 0 Å². The Hall–Kier alpha value is -1.85. The van der Waals surface area contributed by atoms with Gasteiger partial charge in [0.25, 0.3) is 0 Å². The molecule has 24 heavy (non-hydrogen) atoms. The lowest BCUT2D eigenvalue weighted by Gasteiger charge is -2.15. The normalized spacial score (nSPS) is 15.4. The molecule has 0 unspecified atom stereocenters. The van der Waals surface area contributed by atoms with Gasteiger partial charge in [-0.25, -0.2) is 4.98 Å². The second-order valence-corrected chi connectivity index (χ2v) is 10.4. The standard InChI is InChI=1S/C19H20N2OS2/c1-13-3-11-17(12-4-13)24(2,22)19-20-18(21-23-19)16-9-7-15(8-10-16)14-5-6-14/h3-4,7-12,14,24H,5-6H2,1-2H3. The molecule has 1 fully saturated rings. The second kappa shape index (κ2) is 5.90. The minimum atomic E-state index is -2.69. The van der Waals surface area contributed by atoms with Gasteiger partial charge in [-0.1, -0.05) is 42.0 Å². The van der Waals surface area contributed by atoms with E-state index >= 15 is 0 Å². The quantitative estimate of drug-likeness (QED) is 0.702. The zero-order valence-corrected chi connectivity index (χ0v) is 15.5. The fraction of sp³-hybridized carbons (Fsp3) is 0.263. The summed E-state index contributed by atoms with van der Waals surface area (Å²) in [5.74, 6) is 1.42. The van der Waals surface area contributed by atoms with E-state index in [9.17, 15) is 4.21 Å². The number of nitrogens with zero attached hydrogens (tertiary/aromatic N) is 2. The third-order valence-electron chi connectivity index (χ3n) is 4.52. The summed E-state index contributed by atoms with van der Waals surface area (Å²) in [6.07, 6.45) is 4.38. The highest BCUT2D eigenvalue weighted by atomic mass is 32.3. The Labute approximate surface area is 147 Å². The maximum absolute atomic E-state index is 13.2. The Morgan fingerprint density at radius 2 is 1.71 bits per heavy atom. The van der Waals surface area contributed by atoms with Crippen molar-refractivity contribution in [1.82, 2.24) is 9.36 Å². The highest BCUT2D eigenvalue weighted by Gasteiger charge is 2.24. The van der Waals surface area contributed by atoms with Gasteiger partial charge in [-0.2, -0.15) is 4.37 Å². The average molecular weight is 357 g/mol. The van der Waals surface area contributed by atoms with Crippen molar-refractivity contribution in [1.29, 1.82) is 0 Å². The van der Waals surface area contributed by atoms with Crippen molar-refractivity contribution in [3.63, 3.8) is 0 Å². The fourth-order valence-electron chi connectivity index (χ4n) is 2.77. The zero-order chi connectivity index (χ0) is 16.7. The van der Waals surface area contributed by atoms with Gasteiger partial charge in [-0.15, -0.1) is 0 Å². The van der Waals surface area contributed by atoms with E-state index in [0.29, 0.717) is 10.2 Å². The summed E-state index contributed by atoms with van der Waals surface area (Å²) in [7, 11) is -2.69. The topological polar surface area (TPSA) is 42.9 Å². The van der Waals surface area contributed by atoms with Crippen LogP contribution in [0.5, 0.6) is 0 Å². The lowest BCUT2D eigenvalue weighted by atomic mass is 10.1. The first-order valence-corrected chi connectivity index (χ1v) is 11.1. The number of hydrogen-bond acceptors (Lipinski definition) is 4. The van der Waals surface area contributed by atoms with Crippen LogP contribution in [-0.4, -0.2) is 19.8 Å². The van der Waals surface area contributed by atoms with Crippen LogP contribution in [-0.2, 0) is 9.93 Å². The van der Waals surface area contributed by atoms with Gasteiger partial charge in [-0.3, -0.25) is 4.21 Å². The highest BCUT2D eigenvalue weighted by molar-refractivity contribution is 8.03. The molecular formula is C19H20N2OS2. The Morgan fingerprint density at radius 1 is 1.04 bits per heavy atom. The van der Waals surface area contributed by atoms with E-state index in [4.69, 9.17) is 0 Å². The largest absolute Gasteiger partial charge is 0.274 e. The number of aromatic nitrogens is 2. The Morgan fingerprint density at radius 3 is 2.33 bits per heavy atom. The van der Waals surface area contributed by atoms with Crippen LogP contribution in [0.15, 0.2) is 57.8 Å². The van der Waals surface area contributed by atoms with E-state index < -0.39 is 9.93 Å². The third-order valence-corrected chi connectivity index (χ3v) is 8.45. The second-order valence-electron chi connectivity index (χ2n) is 6.56. The SMILES string of the molecule is Cc1ccc([SH](C)(=O)c2nc(-c3ccc(C4CC4)cc3)ns2)cc1. The van der Waals surface area contributed by atoms with E-state index in [0.717, 1.165) is 21.9 Å². The van der Waals surface area contributed by atoms with Crippen LogP contribution >= 0.6 is 11.5 Å². The molecular weight excluding hydrogens is 336 g/mol. The average Bonchev–Trinajstić information content (AvgIpc) is 3.31. The maximum Gasteiger partial charge on any atom is 0.181 e. The Balaban J connectivity index is 1.63. The molecule has 1 aromatic heterocycles. The monoisotopic (exact) mass is 356 g/mol. The highest BCUT2D eigenvalue weighted by Crippen LogP contribution is 2.40. The first-order chi connectivity index (χ1) is 11.5. The lowest BCUT2D eigenvalue weighted by Crippen LogP contribution is -2.10. The molecule has 0 aliphatic heterocycles. The molecule has 0 saturated heterocycles. The molecule has 0 N–H and O–H groups in total. The van der Waals surface area contributed by atoms with Crippen molar-refractivity contribution in [2.45, 2.75) is 34.9 Å². The molecule has 5 heteroatoms. The molecule has 0 amide bonds. The van der Waals surface area contributed by atoms with Crippen LogP contribution in [0.25, 0.3) is 11.4 Å². The molecule has 2 aromatic carbocycles. The van der Waals surface area contributed by atoms with Gasteiger partial charge >= 0.3 is 0 Å². The predicted octanol–water partition coefficient (Wildman–Crippen LogP) is 4.46. The first kappa shape index (κ1) is 15.7. The van der Waals surface area contributed by atoms with Crippen molar-refractivity contribution in [2.75, 3.05) is 6.26 Å². The molecule has 3 aromatic rings. The molecule has 0 radical (unpaired) electrons. The van der Waals surface area contributed by atoms with Crippen LogP contribution < -0.4 is 0 Å². The number of aryl methyl sites for hydroxylation is 1. The Bertz CT molecular complexity index is 909. The smallest absolute Gasteiger partial charge is 0.181 e. The van der Waals surface area contributed by atoms with E-state index in [1.165, 1.54) is 29.9 Å². The summed E-state index contributed by atoms with van der Waals surface area (Å²) in [6, 6.07) is 16.3. The fourth-order valence-corrected chi connectivity index (χ4v) is 5.49. The molecule has 1 saturated carbocycles. The van der Waals surface area contributed by atoms with Gasteiger partial charge in [-0.05, 0) is 71.1 Å². The maximum atomic E-state index is 13.2. The number of rotatable bonds is 4.